The zero-order valence-electron chi connectivity index (χ0n) is 10.2. The smallest absolute Gasteiger partial charge is 0.362 e. The van der Waals surface area contributed by atoms with Crippen molar-refractivity contribution in [3.63, 3.8) is 0 Å². The molecule has 17 heavy (non-hydrogen) atoms. The number of nitrogens with two attached hydrogens (primary N) is 1. The lowest BCUT2D eigenvalue weighted by atomic mass is 9.86. The van der Waals surface area contributed by atoms with Gasteiger partial charge in [-0.05, 0) is 17.0 Å². The van der Waals surface area contributed by atoms with Crippen molar-refractivity contribution in [1.29, 1.82) is 0 Å². The van der Waals surface area contributed by atoms with Crippen molar-refractivity contribution in [3.8, 4) is 5.75 Å². The van der Waals surface area contributed by atoms with E-state index in [-0.39, 0.29) is 5.41 Å². The molecule has 6 heteroatoms. The van der Waals surface area contributed by atoms with Crippen molar-refractivity contribution in [2.45, 2.75) is 26.2 Å². The minimum atomic E-state index is -4.18. The van der Waals surface area contributed by atoms with Crippen LogP contribution in [-0.4, -0.2) is 16.1 Å². The number of nitrogen functional groups attached to an aromatic ring is 1. The van der Waals surface area contributed by atoms with E-state index >= 15 is 0 Å². The summed E-state index contributed by atoms with van der Waals surface area (Å²) in [6.45, 7) is 6.02. The molecule has 0 aliphatic carbocycles. The second-order valence-corrected chi connectivity index (χ2v) is 6.49. The van der Waals surface area contributed by atoms with Gasteiger partial charge in [0.25, 0.3) is 0 Å². The Bertz CT molecular complexity index is 447. The minimum Gasteiger partial charge on any atom is -0.479 e. The van der Waals surface area contributed by atoms with Gasteiger partial charge in [0.05, 0.1) is 5.69 Å². The van der Waals surface area contributed by atoms with Gasteiger partial charge in [0.15, 0.2) is 6.35 Å². The first kappa shape index (κ1) is 14.0. The number of hydrogen-bond donors (Lipinski definition) is 3. The van der Waals surface area contributed by atoms with Crippen LogP contribution in [0, 0.1) is 0 Å². The summed E-state index contributed by atoms with van der Waals surface area (Å²) in [6.07, 6.45) is -0.662. The summed E-state index contributed by atoms with van der Waals surface area (Å²) < 4.78 is 15.8. The predicted molar refractivity (Wildman–Crippen MR) is 67.1 cm³/mol. The standard InChI is InChI=1S/C11H18NO4P/c1-11(2,3)8-5-4-6-9(10(8)12)16-7-17(13,14)15/h4-6H,7,12H2,1-3H3,(H2,13,14,15). The first-order chi connectivity index (χ1) is 7.61. The Labute approximate surface area is 101 Å². The van der Waals surface area contributed by atoms with E-state index in [0.29, 0.717) is 11.4 Å². The van der Waals surface area contributed by atoms with Crippen LogP contribution in [-0.2, 0) is 9.98 Å². The quantitative estimate of drug-likeness (QED) is 0.571. The summed E-state index contributed by atoms with van der Waals surface area (Å²) in [6, 6.07) is 5.23. The van der Waals surface area contributed by atoms with Crippen LogP contribution in [0.25, 0.3) is 0 Å². The van der Waals surface area contributed by atoms with Crippen molar-refractivity contribution in [2.24, 2.45) is 0 Å². The van der Waals surface area contributed by atoms with E-state index in [2.05, 4.69) is 0 Å². The van der Waals surface area contributed by atoms with Crippen LogP contribution in [0.1, 0.15) is 26.3 Å². The first-order valence-electron chi connectivity index (χ1n) is 5.17. The first-order valence-corrected chi connectivity index (χ1v) is 6.97. The highest BCUT2D eigenvalue weighted by Crippen LogP contribution is 2.38. The molecule has 0 atom stereocenters. The van der Waals surface area contributed by atoms with Crippen molar-refractivity contribution >= 4 is 13.3 Å². The number of rotatable bonds is 3. The highest BCUT2D eigenvalue weighted by atomic mass is 31.2. The highest BCUT2D eigenvalue weighted by Gasteiger charge is 2.20. The molecule has 1 aromatic rings. The Kier molecular flexibility index (Phi) is 3.87. The lowest BCUT2D eigenvalue weighted by Gasteiger charge is -2.22. The SMILES string of the molecule is CC(C)(C)c1cccc(OCP(=O)(O)O)c1N. The molecule has 1 rings (SSSR count). The lowest BCUT2D eigenvalue weighted by Crippen LogP contribution is -2.14. The van der Waals surface area contributed by atoms with Crippen LogP contribution >= 0.6 is 7.60 Å². The Morgan fingerprint density at radius 3 is 2.41 bits per heavy atom. The molecule has 0 saturated carbocycles. The van der Waals surface area contributed by atoms with Crippen LogP contribution in [0.5, 0.6) is 5.75 Å². The average molecular weight is 259 g/mol. The van der Waals surface area contributed by atoms with Crippen LogP contribution in [0.4, 0.5) is 5.69 Å². The number of hydrogen-bond acceptors (Lipinski definition) is 3. The topological polar surface area (TPSA) is 92.8 Å². The molecule has 0 heterocycles. The van der Waals surface area contributed by atoms with Gasteiger partial charge in [-0.15, -0.1) is 0 Å². The monoisotopic (exact) mass is 259 g/mol. The highest BCUT2D eigenvalue weighted by molar-refractivity contribution is 7.51. The zero-order valence-corrected chi connectivity index (χ0v) is 11.1. The normalized spacial score (nSPS) is 12.5. The summed E-state index contributed by atoms with van der Waals surface area (Å²) in [5, 5.41) is 0. The molecular formula is C11H18NO4P. The zero-order chi connectivity index (χ0) is 13.3. The Hall–Kier alpha value is -1.03. The maximum Gasteiger partial charge on any atom is 0.362 e. The lowest BCUT2D eigenvalue weighted by molar-refractivity contribution is 0.301. The van der Waals surface area contributed by atoms with Gasteiger partial charge < -0.3 is 20.3 Å². The van der Waals surface area contributed by atoms with E-state index in [1.807, 2.05) is 26.8 Å². The van der Waals surface area contributed by atoms with E-state index in [9.17, 15) is 4.57 Å². The second-order valence-electron chi connectivity index (χ2n) is 4.91. The molecule has 1 aromatic carbocycles. The summed E-state index contributed by atoms with van der Waals surface area (Å²) in [5.41, 5.74) is 7.09. The van der Waals surface area contributed by atoms with Gasteiger partial charge in [-0.25, -0.2) is 0 Å². The third-order valence-electron chi connectivity index (χ3n) is 2.26. The van der Waals surface area contributed by atoms with E-state index in [0.717, 1.165) is 5.56 Å². The Balaban J connectivity index is 3.00. The van der Waals surface area contributed by atoms with Crippen LogP contribution in [0.2, 0.25) is 0 Å². The third kappa shape index (κ3) is 4.04. The predicted octanol–water partition coefficient (Wildman–Crippen LogP) is 2.08. The van der Waals surface area contributed by atoms with E-state index in [4.69, 9.17) is 20.3 Å². The van der Waals surface area contributed by atoms with Crippen molar-refractivity contribution < 1.29 is 19.1 Å². The van der Waals surface area contributed by atoms with Gasteiger partial charge in [0.1, 0.15) is 5.75 Å². The number of ether oxygens (including phenoxy) is 1. The molecular weight excluding hydrogens is 241 g/mol. The van der Waals surface area contributed by atoms with Gasteiger partial charge in [0.2, 0.25) is 0 Å². The molecule has 0 unspecified atom stereocenters. The molecule has 0 aromatic heterocycles. The number of para-hydroxylation sites is 1. The largest absolute Gasteiger partial charge is 0.479 e. The summed E-state index contributed by atoms with van der Waals surface area (Å²) in [4.78, 5) is 17.5. The van der Waals surface area contributed by atoms with E-state index < -0.39 is 13.9 Å². The molecule has 0 spiro atoms. The molecule has 0 radical (unpaired) electrons. The van der Waals surface area contributed by atoms with Gasteiger partial charge in [-0.1, -0.05) is 32.9 Å². The Morgan fingerprint density at radius 1 is 1.35 bits per heavy atom. The maximum absolute atomic E-state index is 10.7. The molecule has 0 fully saturated rings. The fourth-order valence-corrected chi connectivity index (χ4v) is 1.78. The second kappa shape index (κ2) is 4.69. The summed E-state index contributed by atoms with van der Waals surface area (Å²) in [5.74, 6) is 0.306. The molecule has 0 amide bonds. The van der Waals surface area contributed by atoms with Crippen LogP contribution in [0.3, 0.4) is 0 Å². The number of anilines is 1. The van der Waals surface area contributed by atoms with Gasteiger partial charge >= 0.3 is 7.60 Å². The summed E-state index contributed by atoms with van der Waals surface area (Å²) in [7, 11) is -4.18. The fourth-order valence-electron chi connectivity index (χ4n) is 1.48. The van der Waals surface area contributed by atoms with E-state index in [1.165, 1.54) is 0 Å². The van der Waals surface area contributed by atoms with E-state index in [1.54, 1.807) is 12.1 Å². The van der Waals surface area contributed by atoms with Crippen LogP contribution in [0.15, 0.2) is 18.2 Å². The number of benzene rings is 1. The van der Waals surface area contributed by atoms with Gasteiger partial charge in [-0.2, -0.15) is 0 Å². The molecule has 5 nitrogen and oxygen atoms in total. The van der Waals surface area contributed by atoms with Crippen molar-refractivity contribution in [2.75, 3.05) is 12.1 Å². The average Bonchev–Trinajstić information content (AvgIpc) is 2.13. The molecule has 0 bridgehead atoms. The summed E-state index contributed by atoms with van der Waals surface area (Å²) >= 11 is 0. The maximum atomic E-state index is 10.7. The molecule has 0 aliphatic rings. The van der Waals surface area contributed by atoms with Gasteiger partial charge in [0, 0.05) is 0 Å². The van der Waals surface area contributed by atoms with Crippen molar-refractivity contribution in [3.05, 3.63) is 23.8 Å². The Morgan fingerprint density at radius 2 is 1.94 bits per heavy atom. The molecule has 0 aliphatic heterocycles. The molecule has 4 N–H and O–H groups in total. The molecule has 0 saturated heterocycles. The third-order valence-corrected chi connectivity index (χ3v) is 2.73. The fraction of sp³-hybridized carbons (Fsp3) is 0.455. The van der Waals surface area contributed by atoms with Crippen molar-refractivity contribution in [1.82, 2.24) is 0 Å². The van der Waals surface area contributed by atoms with Crippen LogP contribution < -0.4 is 10.5 Å². The molecule has 96 valence electrons. The van der Waals surface area contributed by atoms with Gasteiger partial charge in [-0.3, -0.25) is 4.57 Å². The minimum absolute atomic E-state index is 0.147.